The number of ether oxygens (including phenoxy) is 2. The monoisotopic (exact) mass is 407 g/mol. The minimum atomic E-state index is -4.74. The molecule has 0 aromatic heterocycles. The molecule has 9 heteroatoms. The van der Waals surface area contributed by atoms with Crippen molar-refractivity contribution in [2.75, 3.05) is 6.61 Å². The van der Waals surface area contributed by atoms with Gasteiger partial charge in [0, 0.05) is 5.56 Å². The van der Waals surface area contributed by atoms with Crippen LogP contribution in [0.2, 0.25) is 0 Å². The van der Waals surface area contributed by atoms with Gasteiger partial charge in [-0.15, -0.1) is 13.2 Å². The third-order valence-electron chi connectivity index (χ3n) is 3.82. The molecule has 0 amide bonds. The molecule has 0 aliphatic rings. The summed E-state index contributed by atoms with van der Waals surface area (Å²) in [7, 11) is 0. The van der Waals surface area contributed by atoms with Crippen molar-refractivity contribution in [3.05, 3.63) is 59.7 Å². The molecule has 0 heterocycles. The summed E-state index contributed by atoms with van der Waals surface area (Å²) in [6.45, 7) is 3.82. The number of nitrogens with two attached hydrogens (primary N) is 1. The average molecular weight is 407 g/mol. The van der Waals surface area contributed by atoms with Crippen molar-refractivity contribution >= 4 is 23.8 Å². The van der Waals surface area contributed by atoms with Crippen LogP contribution in [0.25, 0.3) is 0 Å². The van der Waals surface area contributed by atoms with Crippen molar-refractivity contribution in [1.82, 2.24) is 0 Å². The molecule has 6 nitrogen and oxygen atoms in total. The number of halogens is 3. The summed E-state index contributed by atoms with van der Waals surface area (Å²) >= 11 is 0. The van der Waals surface area contributed by atoms with Gasteiger partial charge in [-0.05, 0) is 43.7 Å². The standard InChI is InChI=1S/C20H20F3N3O3/c1-3-28-19(27)13(2)14-4-6-15(7-5-14)18(24)26-12-25-16-8-10-17(11-9-16)29-20(21,22)23/h4-13H,3H2,1-2H3,(H2,24,25,26). The van der Waals surface area contributed by atoms with Crippen LogP contribution in [0.3, 0.4) is 0 Å². The summed E-state index contributed by atoms with van der Waals surface area (Å²) in [6, 6.07) is 12.0. The molecule has 0 fully saturated rings. The summed E-state index contributed by atoms with van der Waals surface area (Å²) < 4.78 is 45.2. The van der Waals surface area contributed by atoms with Crippen LogP contribution in [0.15, 0.2) is 58.5 Å². The quantitative estimate of drug-likeness (QED) is 0.421. The maximum absolute atomic E-state index is 12.1. The number of esters is 1. The van der Waals surface area contributed by atoms with Crippen LogP contribution < -0.4 is 10.5 Å². The molecular formula is C20H20F3N3O3. The lowest BCUT2D eigenvalue weighted by molar-refractivity contribution is -0.274. The van der Waals surface area contributed by atoms with E-state index in [1.165, 1.54) is 18.5 Å². The van der Waals surface area contributed by atoms with E-state index in [0.717, 1.165) is 17.7 Å². The fourth-order valence-electron chi connectivity index (χ4n) is 2.31. The second-order valence-electron chi connectivity index (χ2n) is 5.90. The molecule has 0 spiro atoms. The van der Waals surface area contributed by atoms with Crippen LogP contribution in [0, 0.1) is 0 Å². The van der Waals surface area contributed by atoms with Gasteiger partial charge in [-0.1, -0.05) is 24.3 Å². The number of amidine groups is 1. The number of hydrogen-bond acceptors (Lipinski definition) is 4. The summed E-state index contributed by atoms with van der Waals surface area (Å²) in [6.07, 6.45) is -3.54. The van der Waals surface area contributed by atoms with Gasteiger partial charge in [-0.2, -0.15) is 0 Å². The Morgan fingerprint density at radius 2 is 1.76 bits per heavy atom. The van der Waals surface area contributed by atoms with E-state index in [4.69, 9.17) is 10.5 Å². The van der Waals surface area contributed by atoms with Gasteiger partial charge in [0.2, 0.25) is 0 Å². The molecule has 0 radical (unpaired) electrons. The Hall–Kier alpha value is -3.36. The summed E-state index contributed by atoms with van der Waals surface area (Å²) in [4.78, 5) is 19.8. The van der Waals surface area contributed by atoms with Crippen LogP contribution in [0.1, 0.15) is 30.9 Å². The first kappa shape index (κ1) is 21.9. The Kier molecular flexibility index (Phi) is 7.35. The minimum absolute atomic E-state index is 0.195. The van der Waals surface area contributed by atoms with Gasteiger partial charge in [0.1, 0.15) is 17.9 Å². The Balaban J connectivity index is 2.01. The van der Waals surface area contributed by atoms with E-state index in [-0.39, 0.29) is 17.6 Å². The molecule has 0 aliphatic carbocycles. The molecule has 0 aliphatic heterocycles. The molecule has 1 unspecified atom stereocenters. The summed E-state index contributed by atoms with van der Waals surface area (Å²) in [5.74, 6) is -0.841. The second-order valence-corrected chi connectivity index (χ2v) is 5.90. The molecule has 2 aromatic rings. The molecule has 2 N–H and O–H groups in total. The Labute approximate surface area is 165 Å². The lowest BCUT2D eigenvalue weighted by Gasteiger charge is -2.11. The molecule has 0 saturated carbocycles. The van der Waals surface area contributed by atoms with Crippen molar-refractivity contribution in [2.45, 2.75) is 26.1 Å². The summed E-state index contributed by atoms with van der Waals surface area (Å²) in [5.41, 5.74) is 7.71. The highest BCUT2D eigenvalue weighted by Crippen LogP contribution is 2.24. The van der Waals surface area contributed by atoms with Crippen LogP contribution in [0.5, 0.6) is 5.75 Å². The largest absolute Gasteiger partial charge is 0.573 e. The van der Waals surface area contributed by atoms with E-state index in [1.807, 2.05) is 0 Å². The predicted octanol–water partition coefficient (Wildman–Crippen LogP) is 4.32. The second kappa shape index (κ2) is 9.72. The van der Waals surface area contributed by atoms with Crippen molar-refractivity contribution in [3.8, 4) is 5.75 Å². The van der Waals surface area contributed by atoms with Crippen molar-refractivity contribution in [2.24, 2.45) is 15.7 Å². The molecule has 2 rings (SSSR count). The highest BCUT2D eigenvalue weighted by molar-refractivity contribution is 6.01. The number of hydrogen-bond donors (Lipinski definition) is 1. The normalized spacial score (nSPS) is 13.3. The fraction of sp³-hybridized carbons (Fsp3) is 0.250. The zero-order valence-corrected chi connectivity index (χ0v) is 15.8. The highest BCUT2D eigenvalue weighted by Gasteiger charge is 2.30. The van der Waals surface area contributed by atoms with E-state index in [1.54, 1.807) is 38.1 Å². The number of carbonyl (C=O) groups excluding carboxylic acids is 1. The molecule has 29 heavy (non-hydrogen) atoms. The number of alkyl halides is 3. The average Bonchev–Trinajstić information content (AvgIpc) is 2.68. The molecular weight excluding hydrogens is 387 g/mol. The number of carbonyl (C=O) groups is 1. The number of benzene rings is 2. The molecule has 154 valence electrons. The maximum Gasteiger partial charge on any atom is 0.573 e. The van der Waals surface area contributed by atoms with E-state index >= 15 is 0 Å². The molecule has 2 aromatic carbocycles. The zero-order chi connectivity index (χ0) is 21.4. The fourth-order valence-corrected chi connectivity index (χ4v) is 2.31. The molecule has 0 bridgehead atoms. The first-order valence-electron chi connectivity index (χ1n) is 8.68. The van der Waals surface area contributed by atoms with E-state index in [2.05, 4.69) is 14.7 Å². The van der Waals surface area contributed by atoms with Crippen molar-refractivity contribution < 1.29 is 27.4 Å². The first-order valence-corrected chi connectivity index (χ1v) is 8.68. The minimum Gasteiger partial charge on any atom is -0.466 e. The lowest BCUT2D eigenvalue weighted by atomic mass is 10.00. The van der Waals surface area contributed by atoms with Crippen LogP contribution in [-0.2, 0) is 9.53 Å². The van der Waals surface area contributed by atoms with Crippen molar-refractivity contribution in [3.63, 3.8) is 0 Å². The third kappa shape index (κ3) is 6.95. The number of nitrogens with zero attached hydrogens (tertiary/aromatic N) is 2. The van der Waals surface area contributed by atoms with E-state index in [9.17, 15) is 18.0 Å². The number of aliphatic imine (C=N–C) groups is 2. The Morgan fingerprint density at radius 3 is 2.31 bits per heavy atom. The third-order valence-corrected chi connectivity index (χ3v) is 3.82. The van der Waals surface area contributed by atoms with Gasteiger partial charge < -0.3 is 15.2 Å². The predicted molar refractivity (Wildman–Crippen MR) is 103 cm³/mol. The van der Waals surface area contributed by atoms with Gasteiger partial charge in [0.15, 0.2) is 0 Å². The summed E-state index contributed by atoms with van der Waals surface area (Å²) in [5, 5.41) is 0. The van der Waals surface area contributed by atoms with Crippen LogP contribution in [0.4, 0.5) is 18.9 Å². The lowest BCUT2D eigenvalue weighted by Crippen LogP contribution is -2.16. The van der Waals surface area contributed by atoms with Crippen molar-refractivity contribution in [1.29, 1.82) is 0 Å². The van der Waals surface area contributed by atoms with Crippen LogP contribution >= 0.6 is 0 Å². The SMILES string of the molecule is CCOC(=O)C(C)c1ccc(C(N)=NC=Nc2ccc(OC(F)(F)F)cc2)cc1. The first-order chi connectivity index (χ1) is 13.7. The Bertz CT molecular complexity index is 877. The van der Waals surface area contributed by atoms with Crippen LogP contribution in [-0.4, -0.2) is 31.1 Å². The van der Waals surface area contributed by atoms with Gasteiger partial charge in [-0.3, -0.25) is 4.79 Å². The maximum atomic E-state index is 12.1. The molecule has 1 atom stereocenters. The zero-order valence-electron chi connectivity index (χ0n) is 15.8. The topological polar surface area (TPSA) is 86.3 Å². The van der Waals surface area contributed by atoms with Gasteiger partial charge in [-0.25, -0.2) is 9.98 Å². The highest BCUT2D eigenvalue weighted by atomic mass is 19.4. The molecule has 0 saturated heterocycles. The van der Waals surface area contributed by atoms with Gasteiger partial charge in [0.05, 0.1) is 18.2 Å². The van der Waals surface area contributed by atoms with E-state index < -0.39 is 12.3 Å². The number of rotatable bonds is 7. The smallest absolute Gasteiger partial charge is 0.466 e. The van der Waals surface area contributed by atoms with Gasteiger partial charge in [0.25, 0.3) is 0 Å². The van der Waals surface area contributed by atoms with E-state index in [0.29, 0.717) is 17.9 Å². The van der Waals surface area contributed by atoms with Gasteiger partial charge >= 0.3 is 12.3 Å². The Morgan fingerprint density at radius 1 is 1.14 bits per heavy atom.